The number of aliphatic hydroxyl groups is 1. The molecule has 0 aliphatic heterocycles. The molecule has 2 atom stereocenters. The van der Waals surface area contributed by atoms with Crippen molar-refractivity contribution in [2.24, 2.45) is 0 Å². The lowest BCUT2D eigenvalue weighted by Crippen LogP contribution is -2.45. The molecular weight excluding hydrogens is 310 g/mol. The molecule has 1 amide bonds. The molecule has 6 nitrogen and oxygen atoms in total. The summed E-state index contributed by atoms with van der Waals surface area (Å²) >= 11 is 0. The zero-order chi connectivity index (χ0) is 18.2. The second kappa shape index (κ2) is 9.08. The first kappa shape index (κ1) is 19.7. The van der Waals surface area contributed by atoms with E-state index in [1.165, 1.54) is 6.08 Å². The maximum absolute atomic E-state index is 11.9. The van der Waals surface area contributed by atoms with E-state index in [0.717, 1.165) is 5.56 Å². The highest BCUT2D eigenvalue weighted by atomic mass is 16.6. The Hall–Kier alpha value is -2.34. The summed E-state index contributed by atoms with van der Waals surface area (Å²) in [5.41, 5.74) is 0.190. The average Bonchev–Trinajstić information content (AvgIpc) is 2.50. The Morgan fingerprint density at radius 3 is 2.46 bits per heavy atom. The first-order valence-electron chi connectivity index (χ1n) is 7.71. The van der Waals surface area contributed by atoms with Crippen LogP contribution in [0.1, 0.15) is 32.8 Å². The van der Waals surface area contributed by atoms with E-state index in [1.54, 1.807) is 20.8 Å². The highest BCUT2D eigenvalue weighted by Crippen LogP contribution is 2.11. The van der Waals surface area contributed by atoms with Gasteiger partial charge in [-0.15, -0.1) is 6.58 Å². The number of nitrogens with one attached hydrogen (secondary N) is 1. The number of hydrogen-bond donors (Lipinski definition) is 2. The highest BCUT2D eigenvalue weighted by Gasteiger charge is 2.26. The Bertz CT molecular complexity index is 550. The van der Waals surface area contributed by atoms with E-state index in [1.807, 2.05) is 30.3 Å². The Morgan fingerprint density at radius 1 is 1.29 bits per heavy atom. The first-order chi connectivity index (χ1) is 11.2. The molecule has 0 saturated carbocycles. The van der Waals surface area contributed by atoms with Crippen LogP contribution in [0, 0.1) is 0 Å². The van der Waals surface area contributed by atoms with Crippen molar-refractivity contribution < 1.29 is 24.2 Å². The standard InChI is InChI=1S/C18H25NO5/c1-5-15(20)14(11-16(21)24-18(2,3)4)19-17(22)23-12-13-9-7-6-8-10-13/h5-10,14-15,20H,1,11-12H2,2-4H3,(H,19,22)/t14-,15?/m0/s1. The normalized spacial score (nSPS) is 13.5. The molecule has 0 spiro atoms. The van der Waals surface area contributed by atoms with E-state index in [4.69, 9.17) is 9.47 Å². The Labute approximate surface area is 142 Å². The molecule has 24 heavy (non-hydrogen) atoms. The summed E-state index contributed by atoms with van der Waals surface area (Å²) in [6, 6.07) is 8.31. The van der Waals surface area contributed by atoms with Crippen molar-refractivity contribution in [2.45, 2.75) is 51.5 Å². The summed E-state index contributed by atoms with van der Waals surface area (Å²) in [5, 5.41) is 12.4. The van der Waals surface area contributed by atoms with Crippen LogP contribution in [0.3, 0.4) is 0 Å². The van der Waals surface area contributed by atoms with Crippen LogP contribution in [-0.2, 0) is 20.9 Å². The van der Waals surface area contributed by atoms with Gasteiger partial charge >= 0.3 is 12.1 Å². The van der Waals surface area contributed by atoms with E-state index in [-0.39, 0.29) is 13.0 Å². The molecule has 1 aromatic carbocycles. The van der Waals surface area contributed by atoms with Crippen LogP contribution in [0.25, 0.3) is 0 Å². The number of alkyl carbamates (subject to hydrolysis) is 1. The molecule has 132 valence electrons. The van der Waals surface area contributed by atoms with Crippen molar-refractivity contribution in [3.63, 3.8) is 0 Å². The van der Waals surface area contributed by atoms with Crippen LogP contribution in [0.5, 0.6) is 0 Å². The van der Waals surface area contributed by atoms with Crippen molar-refractivity contribution >= 4 is 12.1 Å². The second-order valence-corrected chi connectivity index (χ2v) is 6.33. The summed E-state index contributed by atoms with van der Waals surface area (Å²) in [6.45, 7) is 8.79. The number of carbonyl (C=O) groups excluding carboxylic acids is 2. The minimum Gasteiger partial charge on any atom is -0.460 e. The summed E-state index contributed by atoms with van der Waals surface area (Å²) in [6.07, 6.45) is -0.771. The van der Waals surface area contributed by atoms with Gasteiger partial charge in [-0.2, -0.15) is 0 Å². The maximum Gasteiger partial charge on any atom is 0.407 e. The molecule has 1 rings (SSSR count). The molecular formula is C18H25NO5. The molecule has 0 aromatic heterocycles. The number of hydrogen-bond acceptors (Lipinski definition) is 5. The van der Waals surface area contributed by atoms with Gasteiger partial charge in [-0.25, -0.2) is 4.79 Å². The minimum atomic E-state index is -1.10. The maximum atomic E-state index is 11.9. The lowest BCUT2D eigenvalue weighted by molar-refractivity contribution is -0.155. The number of carbonyl (C=O) groups is 2. The van der Waals surface area contributed by atoms with Gasteiger partial charge in [0, 0.05) is 0 Å². The number of ether oxygens (including phenoxy) is 2. The third-order valence-corrected chi connectivity index (χ3v) is 2.98. The third kappa shape index (κ3) is 7.78. The van der Waals surface area contributed by atoms with Crippen molar-refractivity contribution in [2.75, 3.05) is 0 Å². The molecule has 0 radical (unpaired) electrons. The van der Waals surface area contributed by atoms with Gasteiger partial charge in [-0.1, -0.05) is 36.4 Å². The van der Waals surface area contributed by atoms with Gasteiger partial charge in [0.1, 0.15) is 12.2 Å². The molecule has 0 heterocycles. The van der Waals surface area contributed by atoms with Crippen LogP contribution in [0.15, 0.2) is 43.0 Å². The van der Waals surface area contributed by atoms with Gasteiger partial charge in [0.25, 0.3) is 0 Å². The molecule has 0 saturated heterocycles. The smallest absolute Gasteiger partial charge is 0.407 e. The number of benzene rings is 1. The highest BCUT2D eigenvalue weighted by molar-refractivity contribution is 5.73. The molecule has 6 heteroatoms. The lowest BCUT2D eigenvalue weighted by atomic mass is 10.1. The van der Waals surface area contributed by atoms with Gasteiger partial charge < -0.3 is 19.9 Å². The summed E-state index contributed by atoms with van der Waals surface area (Å²) in [4.78, 5) is 23.8. The number of rotatable bonds is 7. The average molecular weight is 335 g/mol. The SMILES string of the molecule is C=CC(O)[C@H](CC(=O)OC(C)(C)C)NC(=O)OCc1ccccc1. The van der Waals surface area contributed by atoms with Crippen molar-refractivity contribution in [3.8, 4) is 0 Å². The molecule has 1 aromatic rings. The van der Waals surface area contributed by atoms with Crippen LogP contribution < -0.4 is 5.32 Å². The minimum absolute atomic E-state index is 0.0933. The van der Waals surface area contributed by atoms with Crippen LogP contribution in [0.2, 0.25) is 0 Å². The zero-order valence-electron chi connectivity index (χ0n) is 14.3. The van der Waals surface area contributed by atoms with Crippen LogP contribution in [-0.4, -0.2) is 34.9 Å². The topological polar surface area (TPSA) is 84.9 Å². The largest absolute Gasteiger partial charge is 0.460 e. The van der Waals surface area contributed by atoms with Crippen molar-refractivity contribution in [1.82, 2.24) is 5.32 Å². The molecule has 0 fully saturated rings. The van der Waals surface area contributed by atoms with Crippen molar-refractivity contribution in [1.29, 1.82) is 0 Å². The first-order valence-corrected chi connectivity index (χ1v) is 7.71. The van der Waals surface area contributed by atoms with Gasteiger partial charge in [0.15, 0.2) is 0 Å². The van der Waals surface area contributed by atoms with Crippen LogP contribution >= 0.6 is 0 Å². The van der Waals surface area contributed by atoms with E-state index < -0.39 is 29.8 Å². The predicted molar refractivity (Wildman–Crippen MR) is 90.2 cm³/mol. The van der Waals surface area contributed by atoms with Gasteiger partial charge in [0.2, 0.25) is 0 Å². The fraction of sp³-hybridized carbons (Fsp3) is 0.444. The Kier molecular flexibility index (Phi) is 7.45. The third-order valence-electron chi connectivity index (χ3n) is 2.98. The number of amides is 1. The van der Waals surface area contributed by atoms with Gasteiger partial charge in [0.05, 0.1) is 18.6 Å². The molecule has 0 bridgehead atoms. The second-order valence-electron chi connectivity index (χ2n) is 6.33. The van der Waals surface area contributed by atoms with Crippen molar-refractivity contribution in [3.05, 3.63) is 48.6 Å². The molecule has 1 unspecified atom stereocenters. The summed E-state index contributed by atoms with van der Waals surface area (Å²) in [7, 11) is 0. The van der Waals surface area contributed by atoms with E-state index in [0.29, 0.717) is 0 Å². The fourth-order valence-corrected chi connectivity index (χ4v) is 1.90. The zero-order valence-corrected chi connectivity index (χ0v) is 14.3. The quantitative estimate of drug-likeness (QED) is 0.591. The molecule has 0 aliphatic carbocycles. The number of aliphatic hydroxyl groups excluding tert-OH is 1. The van der Waals surface area contributed by atoms with E-state index >= 15 is 0 Å². The van der Waals surface area contributed by atoms with Gasteiger partial charge in [-0.3, -0.25) is 4.79 Å². The molecule has 0 aliphatic rings. The Morgan fingerprint density at radius 2 is 1.92 bits per heavy atom. The predicted octanol–water partition coefficient (Wildman–Crippen LogP) is 2.56. The number of esters is 1. The van der Waals surface area contributed by atoms with Gasteiger partial charge in [-0.05, 0) is 26.3 Å². The van der Waals surface area contributed by atoms with Crippen LogP contribution in [0.4, 0.5) is 4.79 Å². The van der Waals surface area contributed by atoms with E-state index in [9.17, 15) is 14.7 Å². The van der Waals surface area contributed by atoms with E-state index in [2.05, 4.69) is 11.9 Å². The summed E-state index contributed by atoms with van der Waals surface area (Å²) in [5.74, 6) is -0.531. The fourth-order valence-electron chi connectivity index (χ4n) is 1.90. The lowest BCUT2D eigenvalue weighted by Gasteiger charge is -2.24. The molecule has 2 N–H and O–H groups in total. The Balaban J connectivity index is 2.57. The summed E-state index contributed by atoms with van der Waals surface area (Å²) < 4.78 is 10.3. The monoisotopic (exact) mass is 335 g/mol.